The Kier molecular flexibility index (Phi) is 3.31. The summed E-state index contributed by atoms with van der Waals surface area (Å²) >= 11 is 0. The van der Waals surface area contributed by atoms with Gasteiger partial charge in [-0.05, 0) is 19.3 Å². The highest BCUT2D eigenvalue weighted by atomic mass is 28.3. The zero-order valence-electron chi connectivity index (χ0n) is 6.85. The molecule has 0 amide bonds. The van der Waals surface area contributed by atoms with Gasteiger partial charge in [-0.25, -0.2) is 0 Å². The summed E-state index contributed by atoms with van der Waals surface area (Å²) in [7, 11) is 1.77. The van der Waals surface area contributed by atoms with Crippen molar-refractivity contribution < 1.29 is 8.85 Å². The van der Waals surface area contributed by atoms with Crippen LogP contribution in [0.25, 0.3) is 0 Å². The molecule has 1 unspecified atom stereocenters. The third kappa shape index (κ3) is 2.31. The maximum atomic E-state index is 5.73. The summed E-state index contributed by atoms with van der Waals surface area (Å²) in [5, 5.41) is 0. The van der Waals surface area contributed by atoms with Crippen molar-refractivity contribution in [1.82, 2.24) is 0 Å². The molecule has 0 aliphatic carbocycles. The highest BCUT2D eigenvalue weighted by molar-refractivity contribution is 6.51. The number of rotatable bonds is 2. The molecule has 1 rings (SSSR count). The summed E-state index contributed by atoms with van der Waals surface area (Å²) in [6.07, 6.45) is 3.91. The Bertz CT molecular complexity index is 97.6. The monoisotopic (exact) mass is 192 g/mol. The Hall–Kier alpha value is 0.571. The topological polar surface area (TPSA) is 18.5 Å². The van der Waals surface area contributed by atoms with E-state index < -0.39 is 0 Å². The average molecular weight is 192 g/mol. The van der Waals surface area contributed by atoms with Crippen LogP contribution in [0.4, 0.5) is 0 Å². The molecule has 1 atom stereocenters. The molecule has 60 valence electrons. The molecule has 0 saturated carbocycles. The van der Waals surface area contributed by atoms with E-state index in [9.17, 15) is 0 Å². The Morgan fingerprint density at radius 2 is 2.30 bits per heavy atom. The molecular formula is C5H16O2Si3. The molecule has 0 radical (unpaired) electrons. The van der Waals surface area contributed by atoms with Crippen molar-refractivity contribution in [3.8, 4) is 0 Å². The van der Waals surface area contributed by atoms with Gasteiger partial charge in [0.15, 0.2) is 9.76 Å². The van der Waals surface area contributed by atoms with Crippen LogP contribution < -0.4 is 0 Å². The van der Waals surface area contributed by atoms with Gasteiger partial charge in [-0.2, -0.15) is 0 Å². The quantitative estimate of drug-likeness (QED) is 0.454. The minimum Gasteiger partial charge on any atom is -0.466 e. The van der Waals surface area contributed by atoms with Crippen molar-refractivity contribution in [2.45, 2.75) is 24.1 Å². The Labute approximate surface area is 70.6 Å². The van der Waals surface area contributed by atoms with E-state index in [1.165, 1.54) is 29.5 Å². The van der Waals surface area contributed by atoms with E-state index >= 15 is 0 Å². The van der Waals surface area contributed by atoms with E-state index in [4.69, 9.17) is 8.85 Å². The predicted molar refractivity (Wildman–Crippen MR) is 52.0 cm³/mol. The van der Waals surface area contributed by atoms with Crippen molar-refractivity contribution in [3.63, 3.8) is 0 Å². The van der Waals surface area contributed by atoms with Gasteiger partial charge in [-0.15, -0.1) is 0 Å². The molecule has 0 spiro atoms. The summed E-state index contributed by atoms with van der Waals surface area (Å²) in [6, 6.07) is 0. The van der Waals surface area contributed by atoms with Gasteiger partial charge < -0.3 is 8.85 Å². The lowest BCUT2D eigenvalue weighted by molar-refractivity contribution is 0.0305. The molecule has 2 nitrogen and oxygen atoms in total. The summed E-state index contributed by atoms with van der Waals surface area (Å²) in [6.45, 7) is 0.988. The van der Waals surface area contributed by atoms with E-state index in [0.29, 0.717) is 4.85 Å². The van der Waals surface area contributed by atoms with Gasteiger partial charge in [0.05, 0.1) is 4.85 Å². The van der Waals surface area contributed by atoms with Crippen LogP contribution in [-0.2, 0) is 8.85 Å². The average Bonchev–Trinajstić information content (AvgIpc) is 1.89. The van der Waals surface area contributed by atoms with Gasteiger partial charge in [0, 0.05) is 16.8 Å². The number of hydrogen-bond acceptors (Lipinski definition) is 2. The molecule has 5 heteroatoms. The molecule has 1 aliphatic rings. The minimum atomic E-state index is -0.319. The second-order valence-corrected chi connectivity index (χ2v) is 10.5. The highest BCUT2D eigenvalue weighted by Crippen LogP contribution is 2.19. The molecule has 1 fully saturated rings. The molecule has 0 aromatic carbocycles. The van der Waals surface area contributed by atoms with Gasteiger partial charge in [-0.3, -0.25) is 0 Å². The van der Waals surface area contributed by atoms with Crippen LogP contribution in [0.3, 0.4) is 0 Å². The van der Waals surface area contributed by atoms with Crippen LogP contribution >= 0.6 is 0 Å². The Morgan fingerprint density at radius 1 is 1.50 bits per heavy atom. The summed E-state index contributed by atoms with van der Waals surface area (Å²) in [4.78, 5) is 0.319. The SMILES string of the molecule is [SiH3]O[SiH2]C1([SiH3])CCCCO1. The van der Waals surface area contributed by atoms with E-state index in [1.54, 1.807) is 0 Å². The van der Waals surface area contributed by atoms with Crippen LogP contribution in [-0.4, -0.2) is 41.9 Å². The third-order valence-corrected chi connectivity index (χ3v) is 5.98. The first kappa shape index (κ1) is 8.67. The van der Waals surface area contributed by atoms with Crippen LogP contribution in [0.15, 0.2) is 0 Å². The smallest absolute Gasteiger partial charge is 0.173 e. The molecule has 0 aromatic heterocycles. The summed E-state index contributed by atoms with van der Waals surface area (Å²) < 4.78 is 11.1. The zero-order chi connectivity index (χ0) is 7.45. The van der Waals surface area contributed by atoms with E-state index in [0.717, 1.165) is 17.1 Å². The van der Waals surface area contributed by atoms with Crippen molar-refractivity contribution >= 4 is 30.5 Å². The fraction of sp³-hybridized carbons (Fsp3) is 1.00. The lowest BCUT2D eigenvalue weighted by Crippen LogP contribution is -2.43. The van der Waals surface area contributed by atoms with Crippen molar-refractivity contribution in [1.29, 1.82) is 0 Å². The zero-order valence-corrected chi connectivity index (χ0v) is 12.3. The molecule has 10 heavy (non-hydrogen) atoms. The molecule has 0 bridgehead atoms. The van der Waals surface area contributed by atoms with Gasteiger partial charge >= 0.3 is 0 Å². The first-order chi connectivity index (χ1) is 4.77. The summed E-state index contributed by atoms with van der Waals surface area (Å²) in [5.74, 6) is 0. The first-order valence-electron chi connectivity index (χ1n) is 3.90. The Balaban J connectivity index is 2.32. The predicted octanol–water partition coefficient (Wildman–Crippen LogP) is -2.41. The van der Waals surface area contributed by atoms with Crippen molar-refractivity contribution in [2.24, 2.45) is 0 Å². The van der Waals surface area contributed by atoms with Crippen molar-refractivity contribution in [2.75, 3.05) is 6.61 Å². The molecule has 1 heterocycles. The van der Waals surface area contributed by atoms with Crippen molar-refractivity contribution in [3.05, 3.63) is 0 Å². The third-order valence-electron chi connectivity index (χ3n) is 2.00. The molecule has 0 aromatic rings. The molecule has 1 aliphatic heterocycles. The second kappa shape index (κ2) is 3.82. The van der Waals surface area contributed by atoms with E-state index in [-0.39, 0.29) is 9.76 Å². The minimum absolute atomic E-state index is 0.319. The highest BCUT2D eigenvalue weighted by Gasteiger charge is 2.27. The Morgan fingerprint density at radius 3 is 2.80 bits per heavy atom. The number of hydrogen-bond donors (Lipinski definition) is 0. The van der Waals surface area contributed by atoms with Crippen LogP contribution in [0.5, 0.6) is 0 Å². The lowest BCUT2D eigenvalue weighted by Gasteiger charge is -2.32. The van der Waals surface area contributed by atoms with Crippen LogP contribution in [0.1, 0.15) is 19.3 Å². The van der Waals surface area contributed by atoms with Gasteiger partial charge in [0.1, 0.15) is 10.5 Å². The fourth-order valence-electron chi connectivity index (χ4n) is 1.41. The van der Waals surface area contributed by atoms with Crippen LogP contribution in [0, 0.1) is 0 Å². The second-order valence-electron chi connectivity index (χ2n) is 3.19. The standard InChI is InChI=1S/C5H16O2Si3/c8-5(10-7-9)3-1-2-4-6-5/h1-4,10H2,8-9H3. The normalized spacial score (nSPS) is 36.0. The van der Waals surface area contributed by atoms with Gasteiger partial charge in [0.25, 0.3) is 0 Å². The lowest BCUT2D eigenvalue weighted by atomic mass is 10.2. The molecular weight excluding hydrogens is 176 g/mol. The molecule has 0 N–H and O–H groups in total. The maximum absolute atomic E-state index is 5.73. The van der Waals surface area contributed by atoms with Crippen LogP contribution in [0.2, 0.25) is 0 Å². The molecule has 1 saturated heterocycles. The van der Waals surface area contributed by atoms with Gasteiger partial charge in [-0.1, -0.05) is 0 Å². The van der Waals surface area contributed by atoms with Gasteiger partial charge in [0.2, 0.25) is 0 Å². The fourth-order valence-corrected chi connectivity index (χ4v) is 7.63. The number of ether oxygens (including phenoxy) is 1. The van der Waals surface area contributed by atoms with E-state index in [1.807, 2.05) is 0 Å². The first-order valence-corrected chi connectivity index (χ1v) is 7.00. The maximum Gasteiger partial charge on any atom is 0.173 e. The van der Waals surface area contributed by atoms with E-state index in [2.05, 4.69) is 0 Å². The summed E-state index contributed by atoms with van der Waals surface area (Å²) in [5.41, 5.74) is 0. The largest absolute Gasteiger partial charge is 0.466 e.